The molecule has 25 heavy (non-hydrogen) atoms. The molecule has 0 bridgehead atoms. The Morgan fingerprint density at radius 2 is 1.72 bits per heavy atom. The second kappa shape index (κ2) is 7.63. The molecule has 1 aromatic heterocycles. The minimum absolute atomic E-state index is 0.0742. The van der Waals surface area contributed by atoms with E-state index in [1.807, 2.05) is 29.2 Å². The number of pyridine rings is 1. The molecule has 0 radical (unpaired) electrons. The second-order valence-corrected chi connectivity index (χ2v) is 7.36. The van der Waals surface area contributed by atoms with Gasteiger partial charge in [-0.1, -0.05) is 49.2 Å². The minimum atomic E-state index is 0.0742. The fourth-order valence-corrected chi connectivity index (χ4v) is 3.45. The fourth-order valence-electron chi connectivity index (χ4n) is 2.95. The summed E-state index contributed by atoms with van der Waals surface area (Å²) in [5.74, 6) is 1.26. The van der Waals surface area contributed by atoms with Gasteiger partial charge in [-0.25, -0.2) is 4.98 Å². The summed E-state index contributed by atoms with van der Waals surface area (Å²) in [6, 6.07) is 9.60. The van der Waals surface area contributed by atoms with Crippen LogP contribution in [-0.4, -0.2) is 42.0 Å². The van der Waals surface area contributed by atoms with Crippen LogP contribution in [0.2, 0.25) is 10.0 Å². The van der Waals surface area contributed by atoms with E-state index in [1.54, 1.807) is 12.3 Å². The number of halogens is 2. The Morgan fingerprint density at radius 1 is 1.08 bits per heavy atom. The predicted molar refractivity (Wildman–Crippen MR) is 103 cm³/mol. The lowest BCUT2D eigenvalue weighted by Crippen LogP contribution is -2.49. The topological polar surface area (TPSA) is 36.4 Å². The second-order valence-electron chi connectivity index (χ2n) is 6.51. The number of hydrogen-bond acceptors (Lipinski definition) is 3. The Balaban J connectivity index is 1.64. The fraction of sp³-hybridized carbons (Fsp3) is 0.368. The Labute approximate surface area is 158 Å². The van der Waals surface area contributed by atoms with Crippen LogP contribution in [0.25, 0.3) is 0 Å². The largest absolute Gasteiger partial charge is 0.352 e. The molecule has 4 nitrogen and oxygen atoms in total. The van der Waals surface area contributed by atoms with Crippen molar-refractivity contribution in [2.75, 3.05) is 31.1 Å². The summed E-state index contributed by atoms with van der Waals surface area (Å²) in [5.41, 5.74) is 1.98. The third-order valence-electron chi connectivity index (χ3n) is 4.48. The van der Waals surface area contributed by atoms with E-state index in [-0.39, 0.29) is 5.91 Å². The highest BCUT2D eigenvalue weighted by Crippen LogP contribution is 2.27. The van der Waals surface area contributed by atoms with Crippen molar-refractivity contribution in [1.29, 1.82) is 0 Å². The van der Waals surface area contributed by atoms with Gasteiger partial charge in [-0.3, -0.25) is 4.79 Å². The predicted octanol–water partition coefficient (Wildman–Crippen LogP) is 4.47. The van der Waals surface area contributed by atoms with Crippen LogP contribution in [0, 0.1) is 0 Å². The monoisotopic (exact) mass is 377 g/mol. The molecule has 1 amide bonds. The van der Waals surface area contributed by atoms with Crippen LogP contribution in [0.4, 0.5) is 5.82 Å². The molecule has 0 saturated carbocycles. The number of piperazine rings is 1. The molecule has 1 saturated heterocycles. The highest BCUT2D eigenvalue weighted by molar-refractivity contribution is 6.36. The molecule has 132 valence electrons. The molecular formula is C19H21Cl2N3O. The third-order valence-corrected chi connectivity index (χ3v) is 4.96. The number of aromatic nitrogens is 1. The van der Waals surface area contributed by atoms with E-state index in [0.29, 0.717) is 42.1 Å². The number of rotatable bonds is 3. The smallest absolute Gasteiger partial charge is 0.253 e. The first-order valence-electron chi connectivity index (χ1n) is 8.41. The number of benzene rings is 1. The Bertz CT molecular complexity index is 754. The first-order chi connectivity index (χ1) is 12.0. The van der Waals surface area contributed by atoms with Crippen LogP contribution in [0.15, 0.2) is 36.5 Å². The van der Waals surface area contributed by atoms with Crippen LogP contribution in [0.3, 0.4) is 0 Å². The van der Waals surface area contributed by atoms with Crippen molar-refractivity contribution in [2.45, 2.75) is 19.8 Å². The van der Waals surface area contributed by atoms with Crippen molar-refractivity contribution < 1.29 is 4.79 Å². The van der Waals surface area contributed by atoms with Crippen molar-refractivity contribution in [1.82, 2.24) is 9.88 Å². The molecule has 1 aliphatic rings. The van der Waals surface area contributed by atoms with Crippen molar-refractivity contribution in [2.24, 2.45) is 0 Å². The van der Waals surface area contributed by atoms with Gasteiger partial charge in [0.05, 0.1) is 10.0 Å². The lowest BCUT2D eigenvalue weighted by Gasteiger charge is -2.35. The van der Waals surface area contributed by atoms with E-state index >= 15 is 0 Å². The van der Waals surface area contributed by atoms with Crippen molar-refractivity contribution in [3.05, 3.63) is 57.7 Å². The molecule has 6 heteroatoms. The van der Waals surface area contributed by atoms with Gasteiger partial charge in [-0.15, -0.1) is 0 Å². The molecule has 1 aromatic carbocycles. The summed E-state index contributed by atoms with van der Waals surface area (Å²) in [6.07, 6.45) is 1.59. The summed E-state index contributed by atoms with van der Waals surface area (Å²) in [7, 11) is 0. The molecular weight excluding hydrogens is 357 g/mol. The normalized spacial score (nSPS) is 14.9. The maximum Gasteiger partial charge on any atom is 0.253 e. The molecule has 3 rings (SSSR count). The summed E-state index contributed by atoms with van der Waals surface area (Å²) in [5, 5.41) is 1.06. The first kappa shape index (κ1) is 18.0. The van der Waals surface area contributed by atoms with Crippen LogP contribution in [-0.2, 0) is 0 Å². The summed E-state index contributed by atoms with van der Waals surface area (Å²) < 4.78 is 0. The number of carbonyl (C=O) groups is 1. The maximum absolute atomic E-state index is 12.7. The molecule has 0 spiro atoms. The lowest BCUT2D eigenvalue weighted by molar-refractivity contribution is 0.0746. The molecule has 0 aliphatic carbocycles. The zero-order valence-electron chi connectivity index (χ0n) is 14.4. The van der Waals surface area contributed by atoms with Crippen molar-refractivity contribution in [3.63, 3.8) is 0 Å². The summed E-state index contributed by atoms with van der Waals surface area (Å²) in [4.78, 5) is 21.0. The van der Waals surface area contributed by atoms with Gasteiger partial charge in [0.15, 0.2) is 0 Å². The van der Waals surface area contributed by atoms with Crippen LogP contribution < -0.4 is 4.90 Å². The zero-order chi connectivity index (χ0) is 18.0. The minimum Gasteiger partial charge on any atom is -0.352 e. The van der Waals surface area contributed by atoms with E-state index in [4.69, 9.17) is 23.2 Å². The molecule has 1 fully saturated rings. The van der Waals surface area contributed by atoms with Gasteiger partial charge in [0.1, 0.15) is 5.82 Å². The third kappa shape index (κ3) is 4.07. The maximum atomic E-state index is 12.7. The quantitative estimate of drug-likeness (QED) is 0.791. The van der Waals surface area contributed by atoms with Gasteiger partial charge in [-0.05, 0) is 29.7 Å². The van der Waals surface area contributed by atoms with Gasteiger partial charge in [0, 0.05) is 37.9 Å². The number of anilines is 1. The van der Waals surface area contributed by atoms with Crippen LogP contribution in [0.5, 0.6) is 0 Å². The number of amides is 1. The number of carbonyl (C=O) groups excluding carboxylic acids is 1. The van der Waals surface area contributed by atoms with Crippen molar-refractivity contribution in [3.8, 4) is 0 Å². The molecule has 2 heterocycles. The van der Waals surface area contributed by atoms with Gasteiger partial charge in [0.25, 0.3) is 5.91 Å². The highest BCUT2D eigenvalue weighted by Gasteiger charge is 2.24. The molecule has 1 aliphatic heterocycles. The van der Waals surface area contributed by atoms with Gasteiger partial charge in [0.2, 0.25) is 0 Å². The van der Waals surface area contributed by atoms with Crippen LogP contribution in [0.1, 0.15) is 35.7 Å². The van der Waals surface area contributed by atoms with E-state index < -0.39 is 0 Å². The standard InChI is InChI=1S/C19H21Cl2N3O/c1-13(2)14-3-5-15(6-4-14)19(25)24-9-7-23(8-10-24)18-17(21)11-16(20)12-22-18/h3-6,11-13H,7-10H2,1-2H3. The number of hydrogen-bond donors (Lipinski definition) is 0. The van der Waals surface area contributed by atoms with Gasteiger partial charge >= 0.3 is 0 Å². The Kier molecular flexibility index (Phi) is 5.50. The Hall–Kier alpha value is -1.78. The summed E-state index contributed by atoms with van der Waals surface area (Å²) >= 11 is 12.1. The average molecular weight is 378 g/mol. The Morgan fingerprint density at radius 3 is 2.28 bits per heavy atom. The zero-order valence-corrected chi connectivity index (χ0v) is 15.9. The highest BCUT2D eigenvalue weighted by atomic mass is 35.5. The first-order valence-corrected chi connectivity index (χ1v) is 9.16. The van der Waals surface area contributed by atoms with E-state index in [1.165, 1.54) is 5.56 Å². The van der Waals surface area contributed by atoms with E-state index in [2.05, 4.69) is 23.7 Å². The summed E-state index contributed by atoms with van der Waals surface area (Å²) in [6.45, 7) is 6.98. The molecule has 0 unspecified atom stereocenters. The average Bonchev–Trinajstić information content (AvgIpc) is 2.61. The van der Waals surface area contributed by atoms with Gasteiger partial charge < -0.3 is 9.80 Å². The number of nitrogens with zero attached hydrogens (tertiary/aromatic N) is 3. The van der Waals surface area contributed by atoms with Crippen molar-refractivity contribution >= 4 is 34.9 Å². The SMILES string of the molecule is CC(C)c1ccc(C(=O)N2CCN(c3ncc(Cl)cc3Cl)CC2)cc1. The van der Waals surface area contributed by atoms with E-state index in [0.717, 1.165) is 11.4 Å². The van der Waals surface area contributed by atoms with Gasteiger partial charge in [-0.2, -0.15) is 0 Å². The molecule has 0 atom stereocenters. The van der Waals surface area contributed by atoms with E-state index in [9.17, 15) is 4.79 Å². The van der Waals surface area contributed by atoms with Crippen LogP contribution >= 0.6 is 23.2 Å². The molecule has 0 N–H and O–H groups in total. The molecule has 2 aromatic rings. The lowest BCUT2D eigenvalue weighted by atomic mass is 10.0.